The summed E-state index contributed by atoms with van der Waals surface area (Å²) in [5.74, 6) is 0.678. The molecule has 0 radical (unpaired) electrons. The van der Waals surface area contributed by atoms with Gasteiger partial charge in [-0.25, -0.2) is 0 Å². The van der Waals surface area contributed by atoms with Gasteiger partial charge in [-0.1, -0.05) is 6.07 Å². The number of fused-ring (bicyclic) bond motifs is 1. The number of carbonyl (C=O) groups excluding carboxylic acids is 1. The molecule has 3 rings (SSSR count). The average molecular weight is 247 g/mol. The van der Waals surface area contributed by atoms with Gasteiger partial charge in [0.25, 0.3) is 5.91 Å². The highest BCUT2D eigenvalue weighted by molar-refractivity contribution is 5.95. The Bertz CT molecular complexity index is 475. The van der Waals surface area contributed by atoms with Gasteiger partial charge in [0.1, 0.15) is 5.75 Å². The van der Waals surface area contributed by atoms with Gasteiger partial charge in [-0.2, -0.15) is 0 Å². The molecule has 2 N–H and O–H groups in total. The molecule has 1 unspecified atom stereocenters. The first-order valence-corrected chi connectivity index (χ1v) is 6.21. The van der Waals surface area contributed by atoms with E-state index >= 15 is 0 Å². The van der Waals surface area contributed by atoms with Crippen molar-refractivity contribution in [3.63, 3.8) is 0 Å². The second kappa shape index (κ2) is 4.59. The van der Waals surface area contributed by atoms with Crippen molar-refractivity contribution in [1.29, 1.82) is 0 Å². The monoisotopic (exact) mass is 247 g/mol. The van der Waals surface area contributed by atoms with Crippen molar-refractivity contribution < 1.29 is 9.53 Å². The maximum atomic E-state index is 11.2. The van der Waals surface area contributed by atoms with Crippen LogP contribution in [0.15, 0.2) is 18.2 Å². The van der Waals surface area contributed by atoms with E-state index in [1.807, 2.05) is 12.1 Å². The van der Waals surface area contributed by atoms with E-state index in [1.54, 1.807) is 0 Å². The molecule has 1 amide bonds. The molecule has 18 heavy (non-hydrogen) atoms. The van der Waals surface area contributed by atoms with Gasteiger partial charge in [0, 0.05) is 25.7 Å². The normalized spacial score (nSPS) is 24.1. The summed E-state index contributed by atoms with van der Waals surface area (Å²) in [4.78, 5) is 13.5. The number of nitrogens with zero attached hydrogens (tertiary/aromatic N) is 1. The Hall–Kier alpha value is -1.59. The number of amides is 1. The Morgan fingerprint density at radius 3 is 3.17 bits per heavy atom. The van der Waals surface area contributed by atoms with Crippen LogP contribution in [0.3, 0.4) is 0 Å². The minimum Gasteiger partial charge on any atom is -0.482 e. The SMILES string of the molecule is CN1CCNCC1c1ccc2c(c1)OCC(=O)N2. The van der Waals surface area contributed by atoms with Gasteiger partial charge < -0.3 is 15.4 Å². The Balaban J connectivity index is 1.87. The van der Waals surface area contributed by atoms with E-state index in [0.717, 1.165) is 31.1 Å². The molecule has 2 aliphatic rings. The van der Waals surface area contributed by atoms with Crippen LogP contribution in [0, 0.1) is 0 Å². The van der Waals surface area contributed by atoms with Crippen LogP contribution in [0.5, 0.6) is 5.75 Å². The van der Waals surface area contributed by atoms with Crippen molar-refractivity contribution in [3.05, 3.63) is 23.8 Å². The summed E-state index contributed by atoms with van der Waals surface area (Å²) >= 11 is 0. The molecule has 5 nitrogen and oxygen atoms in total. The number of rotatable bonds is 1. The van der Waals surface area contributed by atoms with Crippen LogP contribution in [-0.2, 0) is 4.79 Å². The number of likely N-dealkylation sites (N-methyl/N-ethyl adjacent to an activating group) is 1. The highest BCUT2D eigenvalue weighted by Gasteiger charge is 2.23. The molecule has 1 saturated heterocycles. The predicted molar refractivity (Wildman–Crippen MR) is 68.8 cm³/mol. The molecule has 0 spiro atoms. The van der Waals surface area contributed by atoms with Crippen molar-refractivity contribution in [2.75, 3.05) is 38.6 Å². The molecule has 0 aromatic heterocycles. The van der Waals surface area contributed by atoms with Crippen molar-refractivity contribution in [2.24, 2.45) is 0 Å². The molecular weight excluding hydrogens is 230 g/mol. The number of carbonyl (C=O) groups is 1. The van der Waals surface area contributed by atoms with Crippen LogP contribution >= 0.6 is 0 Å². The molecule has 0 aliphatic carbocycles. The van der Waals surface area contributed by atoms with E-state index < -0.39 is 0 Å². The van der Waals surface area contributed by atoms with Gasteiger partial charge in [-0.05, 0) is 24.7 Å². The first-order chi connectivity index (χ1) is 8.74. The number of piperazine rings is 1. The third-order valence-electron chi connectivity index (χ3n) is 3.53. The standard InChI is InChI=1S/C13H17N3O2/c1-16-5-4-14-7-11(16)9-2-3-10-12(6-9)18-8-13(17)15-10/h2-3,6,11,14H,4-5,7-8H2,1H3,(H,15,17). The van der Waals surface area contributed by atoms with Crippen molar-refractivity contribution in [1.82, 2.24) is 10.2 Å². The van der Waals surface area contributed by atoms with Gasteiger partial charge in [0.05, 0.1) is 5.69 Å². The second-order valence-electron chi connectivity index (χ2n) is 4.79. The number of ether oxygens (including phenoxy) is 1. The van der Waals surface area contributed by atoms with Crippen molar-refractivity contribution in [3.8, 4) is 5.75 Å². The van der Waals surface area contributed by atoms with E-state index in [1.165, 1.54) is 5.56 Å². The lowest BCUT2D eigenvalue weighted by Crippen LogP contribution is -2.43. The second-order valence-corrected chi connectivity index (χ2v) is 4.79. The number of hydrogen-bond donors (Lipinski definition) is 2. The first kappa shape index (κ1) is 11.5. The Kier molecular flexibility index (Phi) is 2.93. The summed E-state index contributed by atoms with van der Waals surface area (Å²) in [5.41, 5.74) is 1.99. The van der Waals surface area contributed by atoms with Gasteiger partial charge in [-0.3, -0.25) is 9.69 Å². The van der Waals surface area contributed by atoms with Crippen LogP contribution in [-0.4, -0.2) is 44.1 Å². The Labute approximate surface area is 106 Å². The smallest absolute Gasteiger partial charge is 0.262 e. The number of hydrogen-bond acceptors (Lipinski definition) is 4. The molecular formula is C13H17N3O2. The molecule has 2 heterocycles. The summed E-state index contributed by atoms with van der Waals surface area (Å²) in [6.45, 7) is 3.13. The van der Waals surface area contributed by atoms with E-state index in [0.29, 0.717) is 6.04 Å². The molecule has 1 fully saturated rings. The van der Waals surface area contributed by atoms with E-state index in [2.05, 4.69) is 28.6 Å². The Morgan fingerprint density at radius 2 is 2.33 bits per heavy atom. The lowest BCUT2D eigenvalue weighted by atomic mass is 10.0. The van der Waals surface area contributed by atoms with E-state index in [9.17, 15) is 4.79 Å². The van der Waals surface area contributed by atoms with Gasteiger partial charge in [0.2, 0.25) is 0 Å². The minimum atomic E-state index is -0.0910. The zero-order valence-corrected chi connectivity index (χ0v) is 10.4. The molecule has 96 valence electrons. The quantitative estimate of drug-likeness (QED) is 0.763. The largest absolute Gasteiger partial charge is 0.482 e. The molecule has 2 aliphatic heterocycles. The zero-order valence-electron chi connectivity index (χ0n) is 10.4. The summed E-state index contributed by atoms with van der Waals surface area (Å²) in [6.07, 6.45) is 0. The minimum absolute atomic E-state index is 0.0910. The van der Waals surface area contributed by atoms with E-state index in [4.69, 9.17) is 4.74 Å². The molecule has 0 saturated carbocycles. The maximum Gasteiger partial charge on any atom is 0.262 e. The summed E-state index contributed by atoms with van der Waals surface area (Å²) in [7, 11) is 2.13. The topological polar surface area (TPSA) is 53.6 Å². The summed E-state index contributed by atoms with van der Waals surface area (Å²) < 4.78 is 5.45. The van der Waals surface area contributed by atoms with Gasteiger partial charge >= 0.3 is 0 Å². The predicted octanol–water partition coefficient (Wildman–Crippen LogP) is 0.594. The average Bonchev–Trinajstić information content (AvgIpc) is 2.39. The van der Waals surface area contributed by atoms with Gasteiger partial charge in [0.15, 0.2) is 6.61 Å². The highest BCUT2D eigenvalue weighted by Crippen LogP contribution is 2.32. The zero-order chi connectivity index (χ0) is 12.5. The van der Waals surface area contributed by atoms with Crippen molar-refractivity contribution in [2.45, 2.75) is 6.04 Å². The lowest BCUT2D eigenvalue weighted by Gasteiger charge is -2.34. The third kappa shape index (κ3) is 2.07. The number of nitrogens with one attached hydrogen (secondary N) is 2. The molecule has 1 atom stereocenters. The highest BCUT2D eigenvalue weighted by atomic mass is 16.5. The van der Waals surface area contributed by atoms with Crippen molar-refractivity contribution >= 4 is 11.6 Å². The summed E-state index contributed by atoms with van der Waals surface area (Å²) in [5, 5.41) is 6.21. The molecule has 1 aromatic rings. The first-order valence-electron chi connectivity index (χ1n) is 6.21. The lowest BCUT2D eigenvalue weighted by molar-refractivity contribution is -0.118. The van der Waals surface area contributed by atoms with Crippen LogP contribution in [0.4, 0.5) is 5.69 Å². The molecule has 5 heteroatoms. The van der Waals surface area contributed by atoms with Gasteiger partial charge in [-0.15, -0.1) is 0 Å². The van der Waals surface area contributed by atoms with Crippen LogP contribution in [0.2, 0.25) is 0 Å². The fourth-order valence-electron chi connectivity index (χ4n) is 2.48. The number of anilines is 1. The fraction of sp³-hybridized carbons (Fsp3) is 0.462. The third-order valence-corrected chi connectivity index (χ3v) is 3.53. The van der Waals surface area contributed by atoms with E-state index in [-0.39, 0.29) is 12.5 Å². The summed E-state index contributed by atoms with van der Waals surface area (Å²) in [6, 6.07) is 6.37. The maximum absolute atomic E-state index is 11.2. The molecule has 1 aromatic carbocycles. The Morgan fingerprint density at radius 1 is 1.44 bits per heavy atom. The van der Waals surface area contributed by atoms with Crippen LogP contribution in [0.1, 0.15) is 11.6 Å². The molecule has 0 bridgehead atoms. The fourth-order valence-corrected chi connectivity index (χ4v) is 2.48. The van der Waals surface area contributed by atoms with Crippen LogP contribution < -0.4 is 15.4 Å². The number of benzene rings is 1. The van der Waals surface area contributed by atoms with Crippen LogP contribution in [0.25, 0.3) is 0 Å².